The van der Waals surface area contributed by atoms with E-state index in [1.54, 1.807) is 0 Å². The van der Waals surface area contributed by atoms with E-state index in [1.165, 1.54) is 31.2 Å². The summed E-state index contributed by atoms with van der Waals surface area (Å²) in [5.74, 6) is 1.72. The zero-order valence-corrected chi connectivity index (χ0v) is 15.7. The lowest BCUT2D eigenvalue weighted by molar-refractivity contribution is -0.135. The van der Waals surface area contributed by atoms with E-state index in [0.29, 0.717) is 50.4 Å². The van der Waals surface area contributed by atoms with Crippen LogP contribution in [-0.4, -0.2) is 46.7 Å². The highest BCUT2D eigenvalue weighted by molar-refractivity contribution is 5.77. The van der Waals surface area contributed by atoms with E-state index in [4.69, 9.17) is 9.26 Å². The molecule has 0 unspecified atom stereocenters. The molecule has 1 saturated carbocycles. The zero-order chi connectivity index (χ0) is 18.5. The van der Waals surface area contributed by atoms with Crippen molar-refractivity contribution < 1.29 is 14.1 Å². The third-order valence-corrected chi connectivity index (χ3v) is 5.52. The van der Waals surface area contributed by atoms with Crippen LogP contribution in [0.15, 0.2) is 34.9 Å². The second-order valence-corrected chi connectivity index (χ2v) is 7.56. The van der Waals surface area contributed by atoms with Gasteiger partial charge in [0.15, 0.2) is 5.82 Å². The smallest absolute Gasteiger partial charge is 0.233 e. The Balaban J connectivity index is 1.17. The Bertz CT molecular complexity index is 734. The summed E-state index contributed by atoms with van der Waals surface area (Å²) in [7, 11) is 0. The average molecular weight is 369 g/mol. The Hall–Kier alpha value is -2.21. The number of amides is 1. The molecule has 27 heavy (non-hydrogen) atoms. The molecule has 2 aromatic rings. The minimum absolute atomic E-state index is 0.169. The first kappa shape index (κ1) is 18.2. The van der Waals surface area contributed by atoms with Gasteiger partial charge < -0.3 is 14.2 Å². The molecule has 1 amide bonds. The average Bonchev–Trinajstić information content (AvgIpc) is 3.32. The highest BCUT2D eigenvalue weighted by atomic mass is 16.5. The fourth-order valence-corrected chi connectivity index (χ4v) is 3.80. The van der Waals surface area contributed by atoms with E-state index in [-0.39, 0.29) is 11.8 Å². The van der Waals surface area contributed by atoms with Crippen molar-refractivity contribution in [2.24, 2.45) is 0 Å². The molecule has 1 aromatic heterocycles. The van der Waals surface area contributed by atoms with Crippen LogP contribution in [0.4, 0.5) is 0 Å². The maximum atomic E-state index is 12.3. The highest BCUT2D eigenvalue weighted by Crippen LogP contribution is 2.27. The van der Waals surface area contributed by atoms with Crippen molar-refractivity contribution >= 4 is 5.91 Å². The fourth-order valence-electron chi connectivity index (χ4n) is 3.80. The lowest BCUT2D eigenvalue weighted by Gasteiger charge is -2.37. The van der Waals surface area contributed by atoms with Crippen LogP contribution in [0.5, 0.6) is 0 Å². The monoisotopic (exact) mass is 369 g/mol. The second kappa shape index (κ2) is 8.65. The van der Waals surface area contributed by atoms with Crippen LogP contribution >= 0.6 is 0 Å². The first-order valence-electron chi connectivity index (χ1n) is 10.0. The van der Waals surface area contributed by atoms with Crippen molar-refractivity contribution in [1.29, 1.82) is 0 Å². The zero-order valence-electron chi connectivity index (χ0n) is 15.7. The summed E-state index contributed by atoms with van der Waals surface area (Å²) in [5, 5.41) is 4.06. The molecule has 0 bridgehead atoms. The molecule has 6 nitrogen and oxygen atoms in total. The lowest BCUT2D eigenvalue weighted by Crippen LogP contribution is -2.48. The summed E-state index contributed by atoms with van der Waals surface area (Å²) in [6.45, 7) is 2.00. The molecule has 0 spiro atoms. The predicted octanol–water partition coefficient (Wildman–Crippen LogP) is 3.13. The van der Waals surface area contributed by atoms with Crippen LogP contribution in [0.3, 0.4) is 0 Å². The van der Waals surface area contributed by atoms with Crippen LogP contribution in [0.2, 0.25) is 0 Å². The summed E-state index contributed by atoms with van der Waals surface area (Å²) >= 11 is 0. The number of aromatic nitrogens is 2. The number of carbonyl (C=O) groups is 1. The Labute approximate surface area is 159 Å². The van der Waals surface area contributed by atoms with E-state index in [0.717, 1.165) is 6.42 Å². The maximum absolute atomic E-state index is 12.3. The molecule has 0 N–H and O–H groups in total. The van der Waals surface area contributed by atoms with Crippen LogP contribution in [0.25, 0.3) is 0 Å². The molecule has 0 atom stereocenters. The normalized spacial score (nSPS) is 18.0. The molecule has 1 aromatic carbocycles. The van der Waals surface area contributed by atoms with Gasteiger partial charge in [-0.2, -0.15) is 4.98 Å². The minimum Gasteiger partial charge on any atom is -0.378 e. The van der Waals surface area contributed by atoms with E-state index in [2.05, 4.69) is 22.3 Å². The molecular weight excluding hydrogens is 342 g/mol. The van der Waals surface area contributed by atoms with Crippen molar-refractivity contribution in [3.63, 3.8) is 0 Å². The van der Waals surface area contributed by atoms with Gasteiger partial charge >= 0.3 is 0 Å². The largest absolute Gasteiger partial charge is 0.378 e. The fraction of sp³-hybridized carbons (Fsp3) is 0.571. The Kier molecular flexibility index (Phi) is 5.82. The van der Waals surface area contributed by atoms with Crippen LogP contribution in [0.1, 0.15) is 55.3 Å². The summed E-state index contributed by atoms with van der Waals surface area (Å²) in [6.07, 6.45) is 7.34. The predicted molar refractivity (Wildman–Crippen MR) is 100 cm³/mol. The van der Waals surface area contributed by atoms with Crippen molar-refractivity contribution in [2.45, 2.75) is 57.0 Å². The lowest BCUT2D eigenvalue weighted by atomic mass is 9.99. The van der Waals surface area contributed by atoms with Gasteiger partial charge in [0.2, 0.25) is 11.8 Å². The minimum atomic E-state index is 0.169. The van der Waals surface area contributed by atoms with Gasteiger partial charge in [0.05, 0.1) is 18.6 Å². The Morgan fingerprint density at radius 3 is 2.70 bits per heavy atom. The molecular formula is C21H27N3O3. The van der Waals surface area contributed by atoms with E-state index in [1.807, 2.05) is 23.1 Å². The highest BCUT2D eigenvalue weighted by Gasteiger charge is 2.35. The number of hydrogen-bond acceptors (Lipinski definition) is 5. The third-order valence-electron chi connectivity index (χ3n) is 5.52. The number of benzene rings is 1. The topological polar surface area (TPSA) is 68.5 Å². The molecule has 2 fully saturated rings. The maximum Gasteiger partial charge on any atom is 0.233 e. The molecule has 1 aliphatic carbocycles. The molecule has 0 radical (unpaired) electrons. The van der Waals surface area contributed by atoms with Crippen molar-refractivity contribution in [1.82, 2.24) is 15.0 Å². The van der Waals surface area contributed by atoms with Crippen LogP contribution in [0, 0.1) is 0 Å². The molecule has 1 aliphatic heterocycles. The second-order valence-electron chi connectivity index (χ2n) is 7.56. The number of hydrogen-bond donors (Lipinski definition) is 0. The number of nitrogens with zero attached hydrogens (tertiary/aromatic N) is 3. The number of ether oxygens (including phenoxy) is 1. The van der Waals surface area contributed by atoms with Crippen LogP contribution in [-0.2, 0) is 22.4 Å². The first-order valence-corrected chi connectivity index (χ1v) is 10.0. The number of rotatable bonds is 8. The van der Waals surface area contributed by atoms with E-state index >= 15 is 0 Å². The molecule has 6 heteroatoms. The SMILES string of the molecule is O=C(CCc1ccccc1)N1CC(c2nc(CCOC3CCCC3)no2)C1. The first-order chi connectivity index (χ1) is 13.3. The molecule has 4 rings (SSSR count). The van der Waals surface area contributed by atoms with Gasteiger partial charge in [-0.25, -0.2) is 0 Å². The molecule has 2 heterocycles. The summed E-state index contributed by atoms with van der Waals surface area (Å²) in [4.78, 5) is 18.7. The molecule has 1 saturated heterocycles. The van der Waals surface area contributed by atoms with Gasteiger partial charge in [0, 0.05) is 25.9 Å². The van der Waals surface area contributed by atoms with Gasteiger partial charge in [-0.05, 0) is 24.8 Å². The van der Waals surface area contributed by atoms with Gasteiger partial charge in [-0.15, -0.1) is 0 Å². The van der Waals surface area contributed by atoms with Crippen molar-refractivity contribution in [2.75, 3.05) is 19.7 Å². The van der Waals surface area contributed by atoms with Crippen LogP contribution < -0.4 is 0 Å². The standard InChI is InChI=1S/C21H27N3O3/c25-20(11-10-16-6-2-1-3-7-16)24-14-17(15-24)21-22-19(23-27-21)12-13-26-18-8-4-5-9-18/h1-3,6-7,17-18H,4-5,8-15H2. The van der Waals surface area contributed by atoms with Gasteiger partial charge in [-0.1, -0.05) is 48.3 Å². The van der Waals surface area contributed by atoms with Gasteiger partial charge in [0.1, 0.15) is 0 Å². The Morgan fingerprint density at radius 2 is 1.93 bits per heavy atom. The van der Waals surface area contributed by atoms with E-state index < -0.39 is 0 Å². The summed E-state index contributed by atoms with van der Waals surface area (Å²) < 4.78 is 11.2. The summed E-state index contributed by atoms with van der Waals surface area (Å²) in [5.41, 5.74) is 1.20. The number of likely N-dealkylation sites (tertiary alicyclic amines) is 1. The molecule has 2 aliphatic rings. The van der Waals surface area contributed by atoms with Crippen molar-refractivity contribution in [3.8, 4) is 0 Å². The Morgan fingerprint density at radius 1 is 1.15 bits per heavy atom. The third kappa shape index (κ3) is 4.75. The van der Waals surface area contributed by atoms with Gasteiger partial charge in [0.25, 0.3) is 0 Å². The van der Waals surface area contributed by atoms with Crippen molar-refractivity contribution in [3.05, 3.63) is 47.6 Å². The summed E-state index contributed by atoms with van der Waals surface area (Å²) in [6, 6.07) is 10.1. The molecule has 144 valence electrons. The van der Waals surface area contributed by atoms with E-state index in [9.17, 15) is 4.79 Å². The van der Waals surface area contributed by atoms with Gasteiger partial charge in [-0.3, -0.25) is 4.79 Å². The number of aryl methyl sites for hydroxylation is 1. The number of carbonyl (C=O) groups excluding carboxylic acids is 1. The quantitative estimate of drug-likeness (QED) is 0.715.